The Morgan fingerprint density at radius 2 is 1.97 bits per heavy atom. The fraction of sp³-hybridized carbons (Fsp3) is 0.611. The fourth-order valence-electron chi connectivity index (χ4n) is 2.76. The molecule has 0 aromatic heterocycles. The van der Waals surface area contributed by atoms with E-state index < -0.39 is 54.8 Å². The van der Waals surface area contributed by atoms with Crippen molar-refractivity contribution < 1.29 is 39.2 Å². The molecule has 29 heavy (non-hydrogen) atoms. The Labute approximate surface area is 167 Å². The lowest BCUT2D eigenvalue weighted by atomic mass is 9.99. The van der Waals surface area contributed by atoms with Crippen LogP contribution in [0.4, 0.5) is 5.69 Å². The van der Waals surface area contributed by atoms with Gasteiger partial charge in [0.05, 0.1) is 11.5 Å². The topological polar surface area (TPSA) is 161 Å². The zero-order valence-electron chi connectivity index (χ0n) is 16.0. The molecule has 1 heterocycles. The molecule has 1 fully saturated rings. The Balaban J connectivity index is 2.01. The first-order chi connectivity index (χ1) is 13.9. The Hall–Kier alpha value is -2.31. The van der Waals surface area contributed by atoms with Crippen LogP contribution in [-0.4, -0.2) is 76.6 Å². The zero-order valence-corrected chi connectivity index (χ0v) is 16.0. The van der Waals surface area contributed by atoms with Gasteiger partial charge in [-0.25, -0.2) is 0 Å². The minimum absolute atomic E-state index is 0.138. The van der Waals surface area contributed by atoms with E-state index in [1.165, 1.54) is 24.3 Å². The molecular weight excluding hydrogens is 388 g/mol. The van der Waals surface area contributed by atoms with Gasteiger partial charge in [-0.2, -0.15) is 0 Å². The first-order valence-electron chi connectivity index (χ1n) is 9.29. The third-order valence-electron chi connectivity index (χ3n) is 4.38. The molecule has 1 aromatic rings. The van der Waals surface area contributed by atoms with Crippen molar-refractivity contribution in [3.63, 3.8) is 0 Å². The number of unbranched alkanes of at least 4 members (excludes halogenated alkanes) is 1. The first-order valence-corrected chi connectivity index (χ1v) is 9.29. The molecular formula is C18H26N2O9. The number of nitrogens with one attached hydrogen (secondary N) is 1. The maximum absolute atomic E-state index is 11.8. The van der Waals surface area contributed by atoms with Gasteiger partial charge >= 0.3 is 0 Å². The van der Waals surface area contributed by atoms with Gasteiger partial charge in [-0.15, -0.1) is 0 Å². The average molecular weight is 414 g/mol. The van der Waals surface area contributed by atoms with Crippen molar-refractivity contribution in [3.8, 4) is 5.75 Å². The monoisotopic (exact) mass is 414 g/mol. The van der Waals surface area contributed by atoms with E-state index in [0.717, 1.165) is 12.8 Å². The first kappa shape index (κ1) is 23.0. The molecule has 1 aromatic carbocycles. The van der Waals surface area contributed by atoms with Gasteiger partial charge in [-0.3, -0.25) is 14.9 Å². The van der Waals surface area contributed by atoms with E-state index in [1.54, 1.807) is 0 Å². The summed E-state index contributed by atoms with van der Waals surface area (Å²) in [7, 11) is 0. The van der Waals surface area contributed by atoms with Crippen LogP contribution in [0.1, 0.15) is 19.8 Å². The lowest BCUT2D eigenvalue weighted by Crippen LogP contribution is -2.61. The number of aliphatic hydroxyl groups is 3. The van der Waals surface area contributed by atoms with Gasteiger partial charge in [0.25, 0.3) is 5.69 Å². The molecule has 0 saturated carbocycles. The van der Waals surface area contributed by atoms with Crippen LogP contribution in [0.25, 0.3) is 0 Å². The number of hydrogen-bond acceptors (Lipinski definition) is 9. The predicted molar refractivity (Wildman–Crippen MR) is 99.1 cm³/mol. The van der Waals surface area contributed by atoms with Crippen LogP contribution in [0.2, 0.25) is 0 Å². The standard InChI is InChI=1S/C18H26N2O9/c1-2-3-8-19-14(22)10-27-17-15(23)13(9-21)29-18(16(17)24)28-12-6-4-11(5-7-12)20(25)26/h4-7,13,15-18,21,23-24H,2-3,8-10H2,1H3,(H,19,22)/t13-,15+,16-,17+,18-/m1/s1. The highest BCUT2D eigenvalue weighted by atomic mass is 16.7. The molecule has 0 aliphatic carbocycles. The molecule has 162 valence electrons. The van der Waals surface area contributed by atoms with E-state index >= 15 is 0 Å². The van der Waals surface area contributed by atoms with Crippen LogP contribution in [0.3, 0.4) is 0 Å². The number of aliphatic hydroxyl groups excluding tert-OH is 3. The molecule has 4 N–H and O–H groups in total. The summed E-state index contributed by atoms with van der Waals surface area (Å²) in [5.74, 6) is -0.235. The van der Waals surface area contributed by atoms with Gasteiger partial charge in [0.1, 0.15) is 36.8 Å². The summed E-state index contributed by atoms with van der Waals surface area (Å²) in [5.41, 5.74) is -0.138. The summed E-state index contributed by atoms with van der Waals surface area (Å²) < 4.78 is 16.3. The van der Waals surface area contributed by atoms with Crippen LogP contribution >= 0.6 is 0 Å². The van der Waals surface area contributed by atoms with Crippen LogP contribution in [0, 0.1) is 10.1 Å². The largest absolute Gasteiger partial charge is 0.462 e. The van der Waals surface area contributed by atoms with E-state index in [-0.39, 0.29) is 11.4 Å². The minimum Gasteiger partial charge on any atom is -0.462 e. The van der Waals surface area contributed by atoms with Crippen molar-refractivity contribution in [2.75, 3.05) is 19.8 Å². The van der Waals surface area contributed by atoms with Crippen LogP contribution in [-0.2, 0) is 14.3 Å². The molecule has 0 bridgehead atoms. The van der Waals surface area contributed by atoms with Crippen molar-refractivity contribution in [1.82, 2.24) is 5.32 Å². The van der Waals surface area contributed by atoms with Gasteiger partial charge in [-0.05, 0) is 18.6 Å². The minimum atomic E-state index is -1.48. The normalized spacial score (nSPS) is 26.7. The quantitative estimate of drug-likeness (QED) is 0.229. The van der Waals surface area contributed by atoms with E-state index in [1.807, 2.05) is 6.92 Å². The van der Waals surface area contributed by atoms with E-state index in [4.69, 9.17) is 14.2 Å². The fourth-order valence-corrected chi connectivity index (χ4v) is 2.76. The molecule has 1 saturated heterocycles. The van der Waals surface area contributed by atoms with E-state index in [0.29, 0.717) is 6.54 Å². The van der Waals surface area contributed by atoms with Crippen LogP contribution in [0.15, 0.2) is 24.3 Å². The average Bonchev–Trinajstić information content (AvgIpc) is 2.70. The lowest BCUT2D eigenvalue weighted by Gasteiger charge is -2.41. The number of non-ortho nitro benzene ring substituents is 1. The van der Waals surface area contributed by atoms with Crippen molar-refractivity contribution >= 4 is 11.6 Å². The molecule has 11 heteroatoms. The Morgan fingerprint density at radius 3 is 2.55 bits per heavy atom. The summed E-state index contributed by atoms with van der Waals surface area (Å²) >= 11 is 0. The van der Waals surface area contributed by atoms with Gasteiger partial charge in [-0.1, -0.05) is 13.3 Å². The van der Waals surface area contributed by atoms with E-state index in [2.05, 4.69) is 5.32 Å². The molecule has 5 atom stereocenters. The number of ether oxygens (including phenoxy) is 3. The van der Waals surface area contributed by atoms with Crippen LogP contribution < -0.4 is 10.1 Å². The lowest BCUT2D eigenvalue weighted by molar-refractivity contribution is -0.384. The number of rotatable bonds is 10. The molecule has 0 unspecified atom stereocenters. The Kier molecular flexibility index (Phi) is 8.73. The second kappa shape index (κ2) is 11.0. The maximum atomic E-state index is 11.8. The summed E-state index contributed by atoms with van der Waals surface area (Å²) in [6, 6.07) is 5.09. The Morgan fingerprint density at radius 1 is 1.28 bits per heavy atom. The number of amides is 1. The zero-order chi connectivity index (χ0) is 21.4. The third kappa shape index (κ3) is 6.34. The van der Waals surface area contributed by atoms with Gasteiger partial charge in [0, 0.05) is 18.7 Å². The van der Waals surface area contributed by atoms with Crippen molar-refractivity contribution in [1.29, 1.82) is 0 Å². The number of nitrogens with zero attached hydrogens (tertiary/aromatic N) is 1. The summed E-state index contributed by atoms with van der Waals surface area (Å²) in [5, 5.41) is 43.6. The number of benzene rings is 1. The van der Waals surface area contributed by atoms with Crippen LogP contribution in [0.5, 0.6) is 5.75 Å². The predicted octanol–water partition coefficient (Wildman–Crippen LogP) is -0.286. The molecule has 1 aliphatic rings. The molecule has 0 radical (unpaired) electrons. The third-order valence-corrected chi connectivity index (χ3v) is 4.38. The van der Waals surface area contributed by atoms with Crippen molar-refractivity contribution in [3.05, 3.63) is 34.4 Å². The number of nitro benzene ring substituents is 1. The molecule has 1 amide bonds. The molecule has 11 nitrogen and oxygen atoms in total. The molecule has 2 rings (SSSR count). The van der Waals surface area contributed by atoms with Gasteiger partial charge in [0.2, 0.25) is 12.2 Å². The smallest absolute Gasteiger partial charge is 0.269 e. The maximum Gasteiger partial charge on any atom is 0.269 e. The highest BCUT2D eigenvalue weighted by molar-refractivity contribution is 5.77. The summed E-state index contributed by atoms with van der Waals surface area (Å²) in [4.78, 5) is 22.0. The molecule has 0 spiro atoms. The van der Waals surface area contributed by atoms with Crippen molar-refractivity contribution in [2.24, 2.45) is 0 Å². The van der Waals surface area contributed by atoms with Gasteiger partial charge in [0.15, 0.2) is 0 Å². The SMILES string of the molecule is CCCCNC(=O)CO[C@H]1[C@@H](O)[C@@H](CO)O[C@@H](Oc2ccc([N+](=O)[O-])cc2)[C@@H]1O. The van der Waals surface area contributed by atoms with Crippen molar-refractivity contribution in [2.45, 2.75) is 50.5 Å². The second-order valence-electron chi connectivity index (χ2n) is 6.55. The highest BCUT2D eigenvalue weighted by Gasteiger charge is 2.46. The number of carbonyl (C=O) groups excluding carboxylic acids is 1. The number of carbonyl (C=O) groups is 1. The second-order valence-corrected chi connectivity index (χ2v) is 6.55. The summed E-state index contributed by atoms with van der Waals surface area (Å²) in [6.45, 7) is 1.50. The molecule has 1 aliphatic heterocycles. The van der Waals surface area contributed by atoms with E-state index in [9.17, 15) is 30.2 Å². The number of nitro groups is 1. The van der Waals surface area contributed by atoms with Gasteiger partial charge < -0.3 is 34.8 Å². The Bertz CT molecular complexity index is 670. The summed E-state index contributed by atoms with van der Waals surface area (Å²) in [6.07, 6.45) is -4.84. The number of hydrogen-bond donors (Lipinski definition) is 4. The highest BCUT2D eigenvalue weighted by Crippen LogP contribution is 2.27.